The lowest BCUT2D eigenvalue weighted by Crippen LogP contribution is -2.51. The average molecular weight is 286 g/mol. The van der Waals surface area contributed by atoms with E-state index >= 15 is 0 Å². The highest BCUT2D eigenvalue weighted by atomic mass is 32.2. The van der Waals surface area contributed by atoms with E-state index in [0.29, 0.717) is 11.6 Å². The van der Waals surface area contributed by atoms with Gasteiger partial charge in [-0.15, -0.1) is 11.8 Å². The second-order valence-corrected chi connectivity index (χ2v) is 6.21. The fourth-order valence-corrected chi connectivity index (χ4v) is 3.99. The van der Waals surface area contributed by atoms with Crippen molar-refractivity contribution in [3.05, 3.63) is 0 Å². The number of hydrogen-bond acceptors (Lipinski definition) is 3. The molecule has 0 aromatic heterocycles. The van der Waals surface area contributed by atoms with Gasteiger partial charge in [-0.3, -0.25) is 0 Å². The highest BCUT2D eigenvalue weighted by Crippen LogP contribution is 2.26. The Morgan fingerprint density at radius 1 is 1.26 bits per heavy atom. The van der Waals surface area contributed by atoms with Crippen LogP contribution >= 0.6 is 11.8 Å². The van der Waals surface area contributed by atoms with Gasteiger partial charge in [0.15, 0.2) is 0 Å². The van der Waals surface area contributed by atoms with E-state index in [9.17, 15) is 14.7 Å². The van der Waals surface area contributed by atoms with Gasteiger partial charge >= 0.3 is 12.0 Å². The summed E-state index contributed by atoms with van der Waals surface area (Å²) in [5, 5.41) is 9.18. The van der Waals surface area contributed by atoms with Crippen LogP contribution in [0.25, 0.3) is 0 Å². The van der Waals surface area contributed by atoms with Crippen LogP contribution in [0.1, 0.15) is 39.0 Å². The number of amides is 2. The molecule has 0 bridgehead atoms. The monoisotopic (exact) mass is 286 g/mol. The zero-order valence-electron chi connectivity index (χ0n) is 11.4. The van der Waals surface area contributed by atoms with Gasteiger partial charge in [0.05, 0.1) is 5.88 Å². The Morgan fingerprint density at radius 3 is 2.74 bits per heavy atom. The molecule has 0 aromatic rings. The van der Waals surface area contributed by atoms with Crippen LogP contribution < -0.4 is 0 Å². The molecule has 0 spiro atoms. The molecule has 5 nitrogen and oxygen atoms in total. The molecule has 2 aliphatic heterocycles. The van der Waals surface area contributed by atoms with Crippen molar-refractivity contribution in [3.63, 3.8) is 0 Å². The maximum Gasteiger partial charge on any atom is 0.327 e. The number of aliphatic carboxylic acids is 1. The zero-order chi connectivity index (χ0) is 13.8. The molecule has 2 saturated heterocycles. The van der Waals surface area contributed by atoms with E-state index in [0.717, 1.165) is 32.2 Å². The number of likely N-dealkylation sites (tertiary alicyclic amines) is 1. The fraction of sp³-hybridized carbons (Fsp3) is 0.846. The fourth-order valence-electron chi connectivity index (χ4n) is 2.85. The zero-order valence-corrected chi connectivity index (χ0v) is 12.2. The smallest absolute Gasteiger partial charge is 0.327 e. The summed E-state index contributed by atoms with van der Waals surface area (Å²) in [6.45, 7) is 2.87. The largest absolute Gasteiger partial charge is 0.480 e. The van der Waals surface area contributed by atoms with Gasteiger partial charge in [-0.1, -0.05) is 19.8 Å². The molecule has 2 heterocycles. The van der Waals surface area contributed by atoms with Gasteiger partial charge in [0.1, 0.15) is 6.04 Å². The molecule has 0 saturated carbocycles. The molecule has 6 heteroatoms. The summed E-state index contributed by atoms with van der Waals surface area (Å²) in [5.74, 6) is 0.121. The Balaban J connectivity index is 2.09. The minimum atomic E-state index is -0.888. The normalized spacial score (nSPS) is 28.3. The second kappa shape index (κ2) is 6.50. The Labute approximate surface area is 118 Å². The molecule has 2 amide bonds. The van der Waals surface area contributed by atoms with Crippen molar-refractivity contribution < 1.29 is 14.7 Å². The third-order valence-corrected chi connectivity index (χ3v) is 5.02. The topological polar surface area (TPSA) is 60.9 Å². The summed E-state index contributed by atoms with van der Waals surface area (Å²) in [7, 11) is 0. The molecule has 0 aliphatic carbocycles. The average Bonchev–Trinajstić information content (AvgIpc) is 2.76. The molecule has 0 aromatic carbocycles. The van der Waals surface area contributed by atoms with Crippen molar-refractivity contribution in [1.82, 2.24) is 9.80 Å². The Morgan fingerprint density at radius 2 is 2.05 bits per heavy atom. The Kier molecular flexibility index (Phi) is 4.96. The van der Waals surface area contributed by atoms with Gasteiger partial charge in [-0.2, -0.15) is 0 Å². The third kappa shape index (κ3) is 3.16. The third-order valence-electron chi connectivity index (χ3n) is 4.01. The van der Waals surface area contributed by atoms with Crippen molar-refractivity contribution in [2.45, 2.75) is 51.1 Å². The van der Waals surface area contributed by atoms with E-state index in [-0.39, 0.29) is 12.1 Å². The van der Waals surface area contributed by atoms with Crippen LogP contribution in [0.2, 0.25) is 0 Å². The SMILES string of the molecule is CCC1CCCCCN1C(=O)N1CSC[C@H]1C(=O)O. The lowest BCUT2D eigenvalue weighted by atomic mass is 10.1. The molecule has 0 radical (unpaired) electrons. The maximum atomic E-state index is 12.6. The van der Waals surface area contributed by atoms with Gasteiger partial charge in [-0.25, -0.2) is 9.59 Å². The van der Waals surface area contributed by atoms with Crippen molar-refractivity contribution >= 4 is 23.8 Å². The first-order valence-electron chi connectivity index (χ1n) is 7.03. The van der Waals surface area contributed by atoms with Crippen molar-refractivity contribution in [1.29, 1.82) is 0 Å². The van der Waals surface area contributed by atoms with E-state index in [2.05, 4.69) is 6.92 Å². The van der Waals surface area contributed by atoms with E-state index < -0.39 is 12.0 Å². The molecule has 2 aliphatic rings. The van der Waals surface area contributed by atoms with Crippen molar-refractivity contribution in [2.75, 3.05) is 18.2 Å². The van der Waals surface area contributed by atoms with Crippen LogP contribution in [0.15, 0.2) is 0 Å². The van der Waals surface area contributed by atoms with Crippen LogP contribution in [0.4, 0.5) is 4.79 Å². The number of hydrogen-bond donors (Lipinski definition) is 1. The quantitative estimate of drug-likeness (QED) is 0.845. The van der Waals surface area contributed by atoms with Gasteiger partial charge in [0.2, 0.25) is 0 Å². The van der Waals surface area contributed by atoms with E-state index in [1.54, 1.807) is 0 Å². The molecular formula is C13H22N2O3S. The standard InChI is InChI=1S/C13H22N2O3S/c1-2-10-6-4-3-5-7-14(10)13(18)15-9-19-8-11(15)12(16)17/h10-11H,2-9H2,1H3,(H,16,17)/t10?,11-/m0/s1. The maximum absolute atomic E-state index is 12.6. The van der Waals surface area contributed by atoms with Crippen LogP contribution in [0, 0.1) is 0 Å². The van der Waals surface area contributed by atoms with Crippen LogP contribution in [0.5, 0.6) is 0 Å². The van der Waals surface area contributed by atoms with Crippen LogP contribution in [-0.2, 0) is 4.79 Å². The number of carboxylic acid groups (broad SMARTS) is 1. The van der Waals surface area contributed by atoms with E-state index in [1.165, 1.54) is 23.1 Å². The summed E-state index contributed by atoms with van der Waals surface area (Å²) in [5.41, 5.74) is 0. The van der Waals surface area contributed by atoms with Gasteiger partial charge in [-0.05, 0) is 19.3 Å². The number of urea groups is 1. The molecule has 108 valence electrons. The summed E-state index contributed by atoms with van der Waals surface area (Å²) in [6, 6.07) is -0.459. The molecule has 2 rings (SSSR count). The number of carbonyl (C=O) groups excluding carboxylic acids is 1. The minimum Gasteiger partial charge on any atom is -0.480 e. The lowest BCUT2D eigenvalue weighted by Gasteiger charge is -2.34. The first-order valence-corrected chi connectivity index (χ1v) is 8.18. The first kappa shape index (κ1) is 14.5. The van der Waals surface area contributed by atoms with Gasteiger partial charge in [0, 0.05) is 18.3 Å². The number of thioether (sulfide) groups is 1. The number of rotatable bonds is 2. The summed E-state index contributed by atoms with van der Waals surface area (Å²) in [6.07, 6.45) is 5.35. The molecular weight excluding hydrogens is 264 g/mol. The molecule has 1 unspecified atom stereocenters. The van der Waals surface area contributed by atoms with Gasteiger partial charge < -0.3 is 14.9 Å². The van der Waals surface area contributed by atoms with Gasteiger partial charge in [0.25, 0.3) is 0 Å². The second-order valence-electron chi connectivity index (χ2n) is 5.21. The highest BCUT2D eigenvalue weighted by molar-refractivity contribution is 7.99. The van der Waals surface area contributed by atoms with Crippen molar-refractivity contribution in [3.8, 4) is 0 Å². The lowest BCUT2D eigenvalue weighted by molar-refractivity contribution is -0.141. The van der Waals surface area contributed by atoms with Crippen LogP contribution in [-0.4, -0.2) is 57.2 Å². The predicted molar refractivity (Wildman–Crippen MR) is 75.2 cm³/mol. The summed E-state index contributed by atoms with van der Waals surface area (Å²) >= 11 is 1.52. The molecule has 2 fully saturated rings. The number of nitrogens with zero attached hydrogens (tertiary/aromatic N) is 2. The van der Waals surface area contributed by atoms with E-state index in [4.69, 9.17) is 0 Å². The highest BCUT2D eigenvalue weighted by Gasteiger charge is 2.38. The number of carboxylic acids is 1. The summed E-state index contributed by atoms with van der Waals surface area (Å²) in [4.78, 5) is 27.2. The van der Waals surface area contributed by atoms with E-state index in [1.807, 2.05) is 4.90 Å². The minimum absolute atomic E-state index is 0.0776. The predicted octanol–water partition coefficient (Wildman–Crippen LogP) is 2.22. The summed E-state index contributed by atoms with van der Waals surface area (Å²) < 4.78 is 0. The molecule has 1 N–H and O–H groups in total. The van der Waals surface area contributed by atoms with Crippen LogP contribution in [0.3, 0.4) is 0 Å². The Hall–Kier alpha value is -0.910. The molecule has 2 atom stereocenters. The molecule has 19 heavy (non-hydrogen) atoms. The van der Waals surface area contributed by atoms with Crippen molar-refractivity contribution in [2.24, 2.45) is 0 Å². The first-order chi connectivity index (χ1) is 9.15. The Bertz CT molecular complexity index is 351. The number of carbonyl (C=O) groups is 2.